The Balaban J connectivity index is 2.03. The lowest BCUT2D eigenvalue weighted by Gasteiger charge is -2.15. The molecule has 11 nitrogen and oxygen atoms in total. The van der Waals surface area contributed by atoms with Crippen LogP contribution in [-0.4, -0.2) is 66.3 Å². The van der Waals surface area contributed by atoms with E-state index in [-0.39, 0.29) is 50.7 Å². The number of ether oxygens (including phenoxy) is 3. The van der Waals surface area contributed by atoms with E-state index in [2.05, 4.69) is 10.2 Å². The predicted octanol–water partition coefficient (Wildman–Crippen LogP) is 3.18. The van der Waals surface area contributed by atoms with E-state index < -0.39 is 21.6 Å². The van der Waals surface area contributed by atoms with Gasteiger partial charge in [-0.05, 0) is 39.0 Å². The number of halogens is 1. The lowest BCUT2D eigenvalue weighted by atomic mass is 10.0. The second kappa shape index (κ2) is 11.4. The number of rotatable bonds is 11. The van der Waals surface area contributed by atoms with Gasteiger partial charge in [0.25, 0.3) is 0 Å². The standard InChI is InChI=1S/C24H29ClN4O7S/c1-7-29-14(2)13-17(27-29)24(31)36-23-19(15(3)26-28(23)4)21(30)16-9-10-18(37(6,32)33)22(20(16)25)35-12-8-11-34-5/h9-10,13H,7-8,11-12H2,1-6H3. The van der Waals surface area contributed by atoms with Crippen molar-refractivity contribution in [2.75, 3.05) is 26.6 Å². The molecule has 13 heteroatoms. The van der Waals surface area contributed by atoms with Crippen LogP contribution >= 0.6 is 11.6 Å². The summed E-state index contributed by atoms with van der Waals surface area (Å²) in [7, 11) is -0.653. The first-order chi connectivity index (χ1) is 17.4. The van der Waals surface area contributed by atoms with Crippen molar-refractivity contribution in [1.29, 1.82) is 0 Å². The first-order valence-electron chi connectivity index (χ1n) is 11.4. The van der Waals surface area contributed by atoms with Gasteiger partial charge >= 0.3 is 5.97 Å². The van der Waals surface area contributed by atoms with Gasteiger partial charge in [-0.3, -0.25) is 9.48 Å². The highest BCUT2D eigenvalue weighted by Crippen LogP contribution is 2.38. The fourth-order valence-electron chi connectivity index (χ4n) is 3.74. The van der Waals surface area contributed by atoms with E-state index in [0.29, 0.717) is 19.6 Å². The summed E-state index contributed by atoms with van der Waals surface area (Å²) in [5.74, 6) is -1.60. The number of aryl methyl sites for hydroxylation is 4. The number of hydrogen-bond acceptors (Lipinski definition) is 9. The molecule has 3 aromatic rings. The van der Waals surface area contributed by atoms with E-state index in [1.54, 1.807) is 17.7 Å². The minimum atomic E-state index is -3.72. The molecule has 2 aromatic heterocycles. The fraction of sp³-hybridized carbons (Fsp3) is 0.417. The lowest BCUT2D eigenvalue weighted by Crippen LogP contribution is -2.15. The van der Waals surface area contributed by atoms with Crippen molar-refractivity contribution in [3.05, 3.63) is 51.4 Å². The van der Waals surface area contributed by atoms with Crippen LogP contribution in [0.2, 0.25) is 5.02 Å². The molecule has 3 rings (SSSR count). The third-order valence-corrected chi connectivity index (χ3v) is 7.02. The zero-order chi connectivity index (χ0) is 27.5. The highest BCUT2D eigenvalue weighted by molar-refractivity contribution is 7.90. The number of aromatic nitrogens is 4. The third kappa shape index (κ3) is 6.03. The second-order valence-electron chi connectivity index (χ2n) is 8.32. The molecule has 2 heterocycles. The van der Waals surface area contributed by atoms with E-state index in [0.717, 1.165) is 11.9 Å². The van der Waals surface area contributed by atoms with Gasteiger partial charge in [-0.1, -0.05) is 11.6 Å². The number of ketones is 1. The van der Waals surface area contributed by atoms with Crippen molar-refractivity contribution < 1.29 is 32.2 Å². The van der Waals surface area contributed by atoms with Crippen molar-refractivity contribution in [3.63, 3.8) is 0 Å². The Hall–Kier alpha value is -3.22. The van der Waals surface area contributed by atoms with E-state index >= 15 is 0 Å². The minimum Gasteiger partial charge on any atom is -0.491 e. The number of sulfone groups is 1. The maximum atomic E-state index is 13.7. The van der Waals surface area contributed by atoms with Gasteiger partial charge in [0.15, 0.2) is 21.3 Å². The van der Waals surface area contributed by atoms with Crippen LogP contribution in [-0.2, 0) is 28.2 Å². The highest BCUT2D eigenvalue weighted by atomic mass is 35.5. The maximum Gasteiger partial charge on any atom is 0.365 e. The quantitative estimate of drug-likeness (QED) is 0.200. The summed E-state index contributed by atoms with van der Waals surface area (Å²) in [6.45, 7) is 6.38. The van der Waals surface area contributed by atoms with E-state index in [9.17, 15) is 18.0 Å². The fourth-order valence-corrected chi connectivity index (χ4v) is 4.91. The summed E-state index contributed by atoms with van der Waals surface area (Å²) in [6.07, 6.45) is 1.50. The molecule has 0 unspecified atom stereocenters. The number of hydrogen-bond donors (Lipinski definition) is 0. The van der Waals surface area contributed by atoms with Crippen molar-refractivity contribution in [3.8, 4) is 11.6 Å². The van der Waals surface area contributed by atoms with Crippen LogP contribution in [0.4, 0.5) is 0 Å². The summed E-state index contributed by atoms with van der Waals surface area (Å²) in [5.41, 5.74) is 1.12. The van der Waals surface area contributed by atoms with Gasteiger partial charge in [-0.2, -0.15) is 10.2 Å². The molecule has 0 spiro atoms. The normalized spacial score (nSPS) is 11.5. The zero-order valence-electron chi connectivity index (χ0n) is 21.5. The molecular weight excluding hydrogens is 524 g/mol. The molecule has 0 saturated heterocycles. The Labute approximate surface area is 220 Å². The molecule has 0 aliphatic carbocycles. The first-order valence-corrected chi connectivity index (χ1v) is 13.7. The predicted molar refractivity (Wildman–Crippen MR) is 136 cm³/mol. The van der Waals surface area contributed by atoms with Crippen LogP contribution in [0.15, 0.2) is 23.1 Å². The van der Waals surface area contributed by atoms with Gasteiger partial charge in [0.2, 0.25) is 11.7 Å². The van der Waals surface area contributed by atoms with Gasteiger partial charge in [0, 0.05) is 51.2 Å². The van der Waals surface area contributed by atoms with Gasteiger partial charge in [0.05, 0.1) is 17.3 Å². The third-order valence-electron chi connectivity index (χ3n) is 5.52. The minimum absolute atomic E-state index is 0.00170. The Morgan fingerprint density at radius 3 is 2.43 bits per heavy atom. The Bertz CT molecular complexity index is 1440. The lowest BCUT2D eigenvalue weighted by molar-refractivity contribution is 0.0711. The zero-order valence-corrected chi connectivity index (χ0v) is 23.1. The molecule has 0 bridgehead atoms. The largest absolute Gasteiger partial charge is 0.491 e. The SMILES string of the molecule is CCn1nc(C(=O)Oc2c(C(=O)c3ccc(S(C)(=O)=O)c(OCCCOC)c3Cl)c(C)nn2C)cc1C. The summed E-state index contributed by atoms with van der Waals surface area (Å²) in [6, 6.07) is 4.15. The Morgan fingerprint density at radius 1 is 1.14 bits per heavy atom. The molecule has 0 aliphatic heterocycles. The molecule has 0 atom stereocenters. The van der Waals surface area contributed by atoms with E-state index in [1.807, 2.05) is 13.8 Å². The van der Waals surface area contributed by atoms with Crippen LogP contribution in [0.5, 0.6) is 11.6 Å². The Morgan fingerprint density at radius 2 is 1.84 bits per heavy atom. The van der Waals surface area contributed by atoms with Crippen LogP contribution in [0, 0.1) is 13.8 Å². The summed E-state index contributed by atoms with van der Waals surface area (Å²) >= 11 is 6.54. The van der Waals surface area contributed by atoms with Crippen LogP contribution in [0.25, 0.3) is 0 Å². The molecule has 200 valence electrons. The molecule has 0 N–H and O–H groups in total. The summed E-state index contributed by atoms with van der Waals surface area (Å²) < 4.78 is 43.8. The smallest absolute Gasteiger partial charge is 0.365 e. The number of carbonyl (C=O) groups is 2. The van der Waals surface area contributed by atoms with Crippen LogP contribution in [0.1, 0.15) is 51.1 Å². The van der Waals surface area contributed by atoms with E-state index in [1.165, 1.54) is 31.0 Å². The number of benzene rings is 1. The van der Waals surface area contributed by atoms with Crippen molar-refractivity contribution in [2.24, 2.45) is 7.05 Å². The summed E-state index contributed by atoms with van der Waals surface area (Å²) in [4.78, 5) is 26.4. The molecule has 0 amide bonds. The monoisotopic (exact) mass is 552 g/mol. The van der Waals surface area contributed by atoms with Crippen molar-refractivity contribution in [2.45, 2.75) is 38.6 Å². The molecule has 0 aliphatic rings. The number of nitrogens with zero attached hydrogens (tertiary/aromatic N) is 4. The highest BCUT2D eigenvalue weighted by Gasteiger charge is 2.30. The van der Waals surface area contributed by atoms with Gasteiger partial charge in [-0.15, -0.1) is 0 Å². The van der Waals surface area contributed by atoms with E-state index in [4.69, 9.17) is 25.8 Å². The molecule has 1 aromatic carbocycles. The second-order valence-corrected chi connectivity index (χ2v) is 10.7. The number of methoxy groups -OCH3 is 1. The molecule has 37 heavy (non-hydrogen) atoms. The number of carbonyl (C=O) groups excluding carboxylic acids is 2. The molecule has 0 saturated carbocycles. The average Bonchev–Trinajstić information content (AvgIpc) is 3.34. The van der Waals surface area contributed by atoms with Gasteiger partial charge < -0.3 is 14.2 Å². The van der Waals surface area contributed by atoms with Crippen LogP contribution < -0.4 is 9.47 Å². The molecule has 0 fully saturated rings. The average molecular weight is 553 g/mol. The molecule has 0 radical (unpaired) electrons. The topological polar surface area (TPSA) is 132 Å². The van der Waals surface area contributed by atoms with Crippen molar-refractivity contribution >= 4 is 33.2 Å². The Kier molecular flexibility index (Phi) is 8.77. The number of esters is 1. The maximum absolute atomic E-state index is 13.7. The summed E-state index contributed by atoms with van der Waals surface area (Å²) in [5, 5.41) is 8.27. The first kappa shape index (κ1) is 28.4. The molecular formula is C24H29ClN4O7S. The van der Waals surface area contributed by atoms with Crippen LogP contribution in [0.3, 0.4) is 0 Å². The van der Waals surface area contributed by atoms with Crippen molar-refractivity contribution in [1.82, 2.24) is 19.6 Å². The van der Waals surface area contributed by atoms with Gasteiger partial charge in [0.1, 0.15) is 10.5 Å². The van der Waals surface area contributed by atoms with Gasteiger partial charge in [-0.25, -0.2) is 17.9 Å².